The van der Waals surface area contributed by atoms with Gasteiger partial charge in [0.1, 0.15) is 5.52 Å². The van der Waals surface area contributed by atoms with Gasteiger partial charge < -0.3 is 5.73 Å². The standard InChI is InChI=1S/C10H14N4/c1-3-6-14-9-8(13-10(14)11)5-4-7(2)12-9/h4-5H,3,6H2,1-2H3,(H2,11,13). The van der Waals surface area contributed by atoms with Gasteiger partial charge in [0.15, 0.2) is 5.65 Å². The summed E-state index contributed by atoms with van der Waals surface area (Å²) in [4.78, 5) is 8.69. The van der Waals surface area contributed by atoms with E-state index in [1.165, 1.54) is 0 Å². The fraction of sp³-hybridized carbons (Fsp3) is 0.400. The summed E-state index contributed by atoms with van der Waals surface area (Å²) in [7, 11) is 0. The lowest BCUT2D eigenvalue weighted by atomic mass is 10.3. The molecule has 0 bridgehead atoms. The van der Waals surface area contributed by atoms with E-state index in [4.69, 9.17) is 5.73 Å². The van der Waals surface area contributed by atoms with Crippen molar-refractivity contribution in [2.45, 2.75) is 26.8 Å². The molecule has 2 aromatic heterocycles. The third kappa shape index (κ3) is 1.32. The second-order valence-electron chi connectivity index (χ2n) is 3.42. The fourth-order valence-electron chi connectivity index (χ4n) is 1.56. The van der Waals surface area contributed by atoms with E-state index >= 15 is 0 Å². The number of imidazole rings is 1. The first kappa shape index (κ1) is 8.99. The molecule has 0 atom stereocenters. The molecular weight excluding hydrogens is 176 g/mol. The van der Waals surface area contributed by atoms with Crippen LogP contribution in [-0.2, 0) is 6.54 Å². The highest BCUT2D eigenvalue weighted by Gasteiger charge is 2.07. The maximum Gasteiger partial charge on any atom is 0.202 e. The Bertz CT molecular complexity index is 458. The van der Waals surface area contributed by atoms with E-state index in [1.807, 2.05) is 23.6 Å². The minimum absolute atomic E-state index is 0.556. The molecule has 0 fully saturated rings. The molecule has 0 unspecified atom stereocenters. The molecule has 0 saturated carbocycles. The molecule has 0 aromatic carbocycles. The largest absolute Gasteiger partial charge is 0.369 e. The van der Waals surface area contributed by atoms with Crippen LogP contribution < -0.4 is 5.73 Å². The van der Waals surface area contributed by atoms with Gasteiger partial charge in [-0.05, 0) is 25.5 Å². The van der Waals surface area contributed by atoms with Crippen LogP contribution in [0.15, 0.2) is 12.1 Å². The lowest BCUT2D eigenvalue weighted by molar-refractivity contribution is 0.700. The highest BCUT2D eigenvalue weighted by atomic mass is 15.2. The molecule has 14 heavy (non-hydrogen) atoms. The molecule has 0 spiro atoms. The first-order valence-corrected chi connectivity index (χ1v) is 4.81. The summed E-state index contributed by atoms with van der Waals surface area (Å²) in [5, 5.41) is 0. The summed E-state index contributed by atoms with van der Waals surface area (Å²) >= 11 is 0. The van der Waals surface area contributed by atoms with Gasteiger partial charge in [0.25, 0.3) is 0 Å². The minimum atomic E-state index is 0.556. The number of nitrogens with two attached hydrogens (primary N) is 1. The van der Waals surface area contributed by atoms with Crippen molar-refractivity contribution in [3.8, 4) is 0 Å². The molecule has 4 heteroatoms. The number of aryl methyl sites for hydroxylation is 2. The van der Waals surface area contributed by atoms with Gasteiger partial charge >= 0.3 is 0 Å². The fourth-order valence-corrected chi connectivity index (χ4v) is 1.56. The van der Waals surface area contributed by atoms with Gasteiger partial charge in [-0.1, -0.05) is 6.92 Å². The van der Waals surface area contributed by atoms with E-state index in [2.05, 4.69) is 16.9 Å². The Balaban J connectivity index is 2.66. The number of rotatable bonds is 2. The predicted octanol–water partition coefficient (Wildman–Crippen LogP) is 1.73. The van der Waals surface area contributed by atoms with Crippen LogP contribution in [0.1, 0.15) is 19.0 Å². The molecule has 0 saturated heterocycles. The van der Waals surface area contributed by atoms with Crippen LogP contribution in [0.2, 0.25) is 0 Å². The van der Waals surface area contributed by atoms with Crippen molar-refractivity contribution in [2.24, 2.45) is 0 Å². The van der Waals surface area contributed by atoms with E-state index < -0.39 is 0 Å². The zero-order valence-electron chi connectivity index (χ0n) is 8.49. The van der Waals surface area contributed by atoms with Crippen molar-refractivity contribution >= 4 is 17.1 Å². The van der Waals surface area contributed by atoms with Gasteiger partial charge in [0.05, 0.1) is 0 Å². The van der Waals surface area contributed by atoms with E-state index in [9.17, 15) is 0 Å². The van der Waals surface area contributed by atoms with Crippen LogP contribution >= 0.6 is 0 Å². The topological polar surface area (TPSA) is 56.7 Å². The van der Waals surface area contributed by atoms with E-state index in [1.54, 1.807) is 0 Å². The summed E-state index contributed by atoms with van der Waals surface area (Å²) in [6.07, 6.45) is 1.03. The molecule has 2 heterocycles. The van der Waals surface area contributed by atoms with Crippen LogP contribution in [0.4, 0.5) is 5.95 Å². The summed E-state index contributed by atoms with van der Waals surface area (Å²) in [6, 6.07) is 3.91. The van der Waals surface area contributed by atoms with Crippen LogP contribution in [0, 0.1) is 6.92 Å². The van der Waals surface area contributed by atoms with Crippen molar-refractivity contribution in [3.63, 3.8) is 0 Å². The first-order valence-electron chi connectivity index (χ1n) is 4.81. The van der Waals surface area contributed by atoms with Crippen LogP contribution in [0.25, 0.3) is 11.2 Å². The molecule has 0 aliphatic carbocycles. The Morgan fingerprint density at radius 3 is 2.86 bits per heavy atom. The molecule has 0 radical (unpaired) electrons. The summed E-state index contributed by atoms with van der Waals surface area (Å²) < 4.78 is 1.96. The maximum atomic E-state index is 5.80. The number of anilines is 1. The van der Waals surface area contributed by atoms with Gasteiger partial charge in [-0.25, -0.2) is 9.97 Å². The average Bonchev–Trinajstić information content (AvgIpc) is 2.45. The number of hydrogen-bond acceptors (Lipinski definition) is 3. The van der Waals surface area contributed by atoms with Crippen LogP contribution in [-0.4, -0.2) is 14.5 Å². The second kappa shape index (κ2) is 3.29. The lowest BCUT2D eigenvalue weighted by Gasteiger charge is -2.02. The Morgan fingerprint density at radius 1 is 1.36 bits per heavy atom. The summed E-state index contributed by atoms with van der Waals surface area (Å²) in [5.74, 6) is 0.556. The number of pyridine rings is 1. The molecule has 74 valence electrons. The molecule has 2 aromatic rings. The quantitative estimate of drug-likeness (QED) is 0.784. The van der Waals surface area contributed by atoms with E-state index in [0.29, 0.717) is 5.95 Å². The molecular formula is C10H14N4. The molecule has 0 aliphatic rings. The maximum absolute atomic E-state index is 5.80. The van der Waals surface area contributed by atoms with Crippen molar-refractivity contribution in [2.75, 3.05) is 5.73 Å². The van der Waals surface area contributed by atoms with Crippen molar-refractivity contribution < 1.29 is 0 Å². The Hall–Kier alpha value is -1.58. The monoisotopic (exact) mass is 190 g/mol. The number of hydrogen-bond donors (Lipinski definition) is 1. The predicted molar refractivity (Wildman–Crippen MR) is 57.0 cm³/mol. The second-order valence-corrected chi connectivity index (χ2v) is 3.42. The Kier molecular flexibility index (Phi) is 2.11. The number of nitrogens with zero attached hydrogens (tertiary/aromatic N) is 3. The molecule has 2 N–H and O–H groups in total. The van der Waals surface area contributed by atoms with Crippen molar-refractivity contribution in [1.29, 1.82) is 0 Å². The summed E-state index contributed by atoms with van der Waals surface area (Å²) in [5.41, 5.74) is 8.57. The highest BCUT2D eigenvalue weighted by Crippen LogP contribution is 2.16. The van der Waals surface area contributed by atoms with Gasteiger partial charge in [-0.15, -0.1) is 0 Å². The number of nitrogen functional groups attached to an aromatic ring is 1. The molecule has 2 rings (SSSR count). The van der Waals surface area contributed by atoms with Crippen LogP contribution in [0.5, 0.6) is 0 Å². The lowest BCUT2D eigenvalue weighted by Crippen LogP contribution is -2.03. The first-order chi connectivity index (χ1) is 6.72. The highest BCUT2D eigenvalue weighted by molar-refractivity contribution is 5.74. The Morgan fingerprint density at radius 2 is 2.14 bits per heavy atom. The SMILES string of the molecule is CCCn1c(N)nc2ccc(C)nc21. The third-order valence-electron chi connectivity index (χ3n) is 2.21. The van der Waals surface area contributed by atoms with Gasteiger partial charge in [-0.2, -0.15) is 0 Å². The van der Waals surface area contributed by atoms with Crippen molar-refractivity contribution in [3.05, 3.63) is 17.8 Å². The van der Waals surface area contributed by atoms with Crippen LogP contribution in [0.3, 0.4) is 0 Å². The van der Waals surface area contributed by atoms with Crippen molar-refractivity contribution in [1.82, 2.24) is 14.5 Å². The zero-order chi connectivity index (χ0) is 10.1. The minimum Gasteiger partial charge on any atom is -0.369 e. The molecule has 0 aliphatic heterocycles. The third-order valence-corrected chi connectivity index (χ3v) is 2.21. The number of fused-ring (bicyclic) bond motifs is 1. The van der Waals surface area contributed by atoms with Gasteiger partial charge in [0.2, 0.25) is 5.95 Å². The zero-order valence-corrected chi connectivity index (χ0v) is 8.49. The van der Waals surface area contributed by atoms with Gasteiger partial charge in [-0.3, -0.25) is 4.57 Å². The smallest absolute Gasteiger partial charge is 0.202 e. The van der Waals surface area contributed by atoms with Gasteiger partial charge in [0, 0.05) is 12.2 Å². The van der Waals surface area contributed by atoms with E-state index in [-0.39, 0.29) is 0 Å². The molecule has 0 amide bonds. The Labute approximate surface area is 82.8 Å². The average molecular weight is 190 g/mol. The molecule has 4 nitrogen and oxygen atoms in total. The van der Waals surface area contributed by atoms with E-state index in [0.717, 1.165) is 29.8 Å². The number of aromatic nitrogens is 3. The summed E-state index contributed by atoms with van der Waals surface area (Å²) in [6.45, 7) is 4.96. The normalized spacial score (nSPS) is 11.0.